The molecule has 1 N–H and O–H groups in total. The molecule has 0 saturated carbocycles. The number of benzene rings is 3. The Kier molecular flexibility index (Phi) is 6.45. The van der Waals surface area contributed by atoms with E-state index in [4.69, 9.17) is 4.74 Å². The fourth-order valence-corrected chi connectivity index (χ4v) is 3.50. The Hall–Kier alpha value is -3.53. The predicted octanol–water partition coefficient (Wildman–Crippen LogP) is 6.68. The van der Waals surface area contributed by atoms with Crippen LogP contribution in [0, 0.1) is 0 Å². The first kappa shape index (κ1) is 19.8. The average Bonchev–Trinajstić information content (AvgIpc) is 3.29. The summed E-state index contributed by atoms with van der Waals surface area (Å²) in [5.74, 6) is 1.70. The zero-order valence-corrected chi connectivity index (χ0v) is 17.2. The molecule has 1 atom stereocenters. The second kappa shape index (κ2) is 9.79. The molecular formula is C26H27N3O. The summed E-state index contributed by atoms with van der Waals surface area (Å²) >= 11 is 0. The molecule has 0 radical (unpaired) electrons. The number of aromatic nitrogens is 2. The third kappa shape index (κ3) is 5.29. The monoisotopic (exact) mass is 397 g/mol. The Morgan fingerprint density at radius 2 is 1.63 bits per heavy atom. The maximum Gasteiger partial charge on any atom is 0.127 e. The van der Waals surface area contributed by atoms with Crippen molar-refractivity contribution in [2.75, 3.05) is 5.32 Å². The number of anilines is 1. The molecule has 1 heterocycles. The number of rotatable bonds is 9. The molecule has 152 valence electrons. The minimum atomic E-state index is 0.264. The Morgan fingerprint density at radius 3 is 2.30 bits per heavy atom. The molecule has 0 amide bonds. The van der Waals surface area contributed by atoms with Gasteiger partial charge in [-0.15, -0.1) is 0 Å². The lowest BCUT2D eigenvalue weighted by Crippen LogP contribution is -2.10. The van der Waals surface area contributed by atoms with E-state index in [0.717, 1.165) is 36.6 Å². The Morgan fingerprint density at radius 1 is 0.900 bits per heavy atom. The Labute approximate surface area is 178 Å². The molecule has 30 heavy (non-hydrogen) atoms. The maximum atomic E-state index is 5.92. The van der Waals surface area contributed by atoms with Crippen LogP contribution in [-0.4, -0.2) is 9.55 Å². The number of imidazole rings is 1. The first-order valence-electron chi connectivity index (χ1n) is 10.4. The molecule has 3 aromatic carbocycles. The molecular weight excluding hydrogens is 370 g/mol. The zero-order chi connectivity index (χ0) is 20.6. The van der Waals surface area contributed by atoms with E-state index in [1.807, 2.05) is 55.0 Å². The van der Waals surface area contributed by atoms with Crippen LogP contribution in [0.2, 0.25) is 0 Å². The Bertz CT molecular complexity index is 1010. The summed E-state index contributed by atoms with van der Waals surface area (Å²) in [4.78, 5) is 4.10. The summed E-state index contributed by atoms with van der Waals surface area (Å²) < 4.78 is 7.99. The summed E-state index contributed by atoms with van der Waals surface area (Å²) in [7, 11) is 0. The normalized spacial score (nSPS) is 11.8. The van der Waals surface area contributed by atoms with Crippen LogP contribution in [0.25, 0.3) is 0 Å². The topological polar surface area (TPSA) is 39.1 Å². The third-order valence-corrected chi connectivity index (χ3v) is 5.06. The highest BCUT2D eigenvalue weighted by Crippen LogP contribution is 2.28. The first-order chi connectivity index (χ1) is 14.8. The fourth-order valence-electron chi connectivity index (χ4n) is 3.50. The van der Waals surface area contributed by atoms with Crippen molar-refractivity contribution >= 4 is 5.69 Å². The quantitative estimate of drug-likeness (QED) is 0.342. The lowest BCUT2D eigenvalue weighted by molar-refractivity contribution is 0.482. The molecule has 0 bridgehead atoms. The third-order valence-electron chi connectivity index (χ3n) is 5.06. The van der Waals surface area contributed by atoms with Crippen molar-refractivity contribution in [1.29, 1.82) is 0 Å². The maximum absolute atomic E-state index is 5.92. The number of nitrogens with zero attached hydrogens (tertiary/aromatic N) is 2. The van der Waals surface area contributed by atoms with Crippen LogP contribution >= 0.6 is 0 Å². The van der Waals surface area contributed by atoms with Gasteiger partial charge in [-0.2, -0.15) is 0 Å². The first-order valence-corrected chi connectivity index (χ1v) is 10.4. The molecule has 0 aliphatic rings. The number of nitrogens with one attached hydrogen (secondary N) is 1. The number of para-hydroxylation sites is 1. The van der Waals surface area contributed by atoms with Crippen LogP contribution in [0.15, 0.2) is 97.6 Å². The van der Waals surface area contributed by atoms with E-state index in [0.29, 0.717) is 0 Å². The van der Waals surface area contributed by atoms with E-state index in [1.54, 1.807) is 6.20 Å². The van der Waals surface area contributed by atoms with E-state index < -0.39 is 0 Å². The van der Waals surface area contributed by atoms with Gasteiger partial charge in [-0.1, -0.05) is 55.8 Å². The lowest BCUT2D eigenvalue weighted by Gasteiger charge is -2.20. The van der Waals surface area contributed by atoms with Gasteiger partial charge >= 0.3 is 0 Å². The van der Waals surface area contributed by atoms with Crippen LogP contribution < -0.4 is 10.1 Å². The lowest BCUT2D eigenvalue weighted by atomic mass is 10.0. The van der Waals surface area contributed by atoms with Crippen molar-refractivity contribution in [3.05, 3.63) is 109 Å². The molecule has 0 fully saturated rings. The standard InChI is InChI=1S/C26H27N3O/c1-2-6-26(22-11-15-25(16-12-22)30-24-7-4-3-5-8-24)28-23-13-9-21(10-14-23)19-29-18-17-27-20-29/h3-5,7-18,20,26,28H,2,6,19H2,1H3. The number of ether oxygens (including phenoxy) is 1. The van der Waals surface area contributed by atoms with E-state index >= 15 is 0 Å². The van der Waals surface area contributed by atoms with Crippen LogP contribution in [0.1, 0.15) is 36.9 Å². The van der Waals surface area contributed by atoms with Crippen LogP contribution in [0.4, 0.5) is 5.69 Å². The van der Waals surface area contributed by atoms with Crippen molar-refractivity contribution in [2.24, 2.45) is 0 Å². The summed E-state index contributed by atoms with van der Waals surface area (Å²) in [5, 5.41) is 3.69. The van der Waals surface area contributed by atoms with Crippen LogP contribution in [0.5, 0.6) is 11.5 Å². The smallest absolute Gasteiger partial charge is 0.127 e. The van der Waals surface area contributed by atoms with Gasteiger partial charge in [0, 0.05) is 24.6 Å². The van der Waals surface area contributed by atoms with Crippen LogP contribution in [0.3, 0.4) is 0 Å². The second-order valence-corrected chi connectivity index (χ2v) is 7.40. The van der Waals surface area contributed by atoms with Crippen molar-refractivity contribution < 1.29 is 4.74 Å². The van der Waals surface area contributed by atoms with Gasteiger partial charge in [-0.3, -0.25) is 0 Å². The van der Waals surface area contributed by atoms with E-state index in [2.05, 4.69) is 58.2 Å². The van der Waals surface area contributed by atoms with Gasteiger partial charge in [0.1, 0.15) is 11.5 Å². The van der Waals surface area contributed by atoms with Crippen molar-refractivity contribution in [3.63, 3.8) is 0 Å². The van der Waals surface area contributed by atoms with Crippen LogP contribution in [-0.2, 0) is 6.54 Å². The summed E-state index contributed by atoms with van der Waals surface area (Å²) in [6, 6.07) is 27.2. The molecule has 4 nitrogen and oxygen atoms in total. The summed E-state index contributed by atoms with van der Waals surface area (Å²) in [6.45, 7) is 3.05. The van der Waals surface area contributed by atoms with Gasteiger partial charge in [0.15, 0.2) is 0 Å². The molecule has 0 spiro atoms. The van der Waals surface area contributed by atoms with E-state index in [9.17, 15) is 0 Å². The van der Waals surface area contributed by atoms with Crippen molar-refractivity contribution in [2.45, 2.75) is 32.4 Å². The van der Waals surface area contributed by atoms with Gasteiger partial charge < -0.3 is 14.6 Å². The van der Waals surface area contributed by atoms with Crippen molar-refractivity contribution in [3.8, 4) is 11.5 Å². The number of hydrogen-bond acceptors (Lipinski definition) is 3. The van der Waals surface area contributed by atoms with E-state index in [-0.39, 0.29) is 6.04 Å². The highest BCUT2D eigenvalue weighted by atomic mass is 16.5. The minimum absolute atomic E-state index is 0.264. The largest absolute Gasteiger partial charge is 0.457 e. The highest BCUT2D eigenvalue weighted by molar-refractivity contribution is 5.47. The molecule has 4 aromatic rings. The van der Waals surface area contributed by atoms with Gasteiger partial charge in [-0.25, -0.2) is 4.98 Å². The molecule has 1 unspecified atom stereocenters. The fraction of sp³-hybridized carbons (Fsp3) is 0.192. The minimum Gasteiger partial charge on any atom is -0.457 e. The zero-order valence-electron chi connectivity index (χ0n) is 17.2. The van der Waals surface area contributed by atoms with Gasteiger partial charge in [0.2, 0.25) is 0 Å². The van der Waals surface area contributed by atoms with E-state index in [1.165, 1.54) is 11.1 Å². The molecule has 4 rings (SSSR count). The highest BCUT2D eigenvalue weighted by Gasteiger charge is 2.11. The average molecular weight is 398 g/mol. The van der Waals surface area contributed by atoms with Crippen molar-refractivity contribution in [1.82, 2.24) is 9.55 Å². The van der Waals surface area contributed by atoms with Gasteiger partial charge in [-0.05, 0) is 53.9 Å². The molecule has 1 aromatic heterocycles. The number of hydrogen-bond donors (Lipinski definition) is 1. The Balaban J connectivity index is 1.41. The SMILES string of the molecule is CCCC(Nc1ccc(Cn2ccnc2)cc1)c1ccc(Oc2ccccc2)cc1. The van der Waals surface area contributed by atoms with Gasteiger partial charge in [0.25, 0.3) is 0 Å². The predicted molar refractivity (Wildman–Crippen MR) is 122 cm³/mol. The molecule has 0 aliphatic carbocycles. The van der Waals surface area contributed by atoms with Gasteiger partial charge in [0.05, 0.1) is 12.4 Å². The molecule has 0 aliphatic heterocycles. The molecule has 4 heteroatoms. The summed E-state index contributed by atoms with van der Waals surface area (Å²) in [5.41, 5.74) is 3.65. The summed E-state index contributed by atoms with van der Waals surface area (Å²) in [6.07, 6.45) is 7.80. The second-order valence-electron chi connectivity index (χ2n) is 7.40. The molecule has 0 saturated heterocycles.